The van der Waals surface area contributed by atoms with Gasteiger partial charge < -0.3 is 4.90 Å². The van der Waals surface area contributed by atoms with Gasteiger partial charge in [-0.05, 0) is 68.7 Å². The van der Waals surface area contributed by atoms with Crippen LogP contribution in [0.4, 0.5) is 11.4 Å². The van der Waals surface area contributed by atoms with Crippen LogP contribution in [0.2, 0.25) is 0 Å². The Morgan fingerprint density at radius 3 is 2.13 bits per heavy atom. The Bertz CT molecular complexity index is 1730. The lowest BCUT2D eigenvalue weighted by Gasteiger charge is -2.34. The van der Waals surface area contributed by atoms with Crippen LogP contribution >= 0.6 is 0 Å². The van der Waals surface area contributed by atoms with Gasteiger partial charge in [0.05, 0.1) is 15.2 Å². The molecule has 0 bridgehead atoms. The highest BCUT2D eigenvalue weighted by Gasteiger charge is 2.57. The number of anilines is 1. The molecule has 0 saturated heterocycles. The van der Waals surface area contributed by atoms with Crippen molar-refractivity contribution in [1.82, 2.24) is 0 Å². The lowest BCUT2D eigenvalue weighted by atomic mass is 9.62. The van der Waals surface area contributed by atoms with E-state index in [1.54, 1.807) is 24.3 Å². The second-order valence-corrected chi connectivity index (χ2v) is 13.4. The van der Waals surface area contributed by atoms with Gasteiger partial charge in [0.2, 0.25) is 5.69 Å². The summed E-state index contributed by atoms with van der Waals surface area (Å²) < 4.78 is 67.9. The van der Waals surface area contributed by atoms with Gasteiger partial charge in [0, 0.05) is 41.1 Å². The maximum absolute atomic E-state index is 11.7. The second kappa shape index (κ2) is 8.47. The van der Waals surface area contributed by atoms with Crippen LogP contribution in [0.1, 0.15) is 44.7 Å². The minimum atomic E-state index is -4.30. The summed E-state index contributed by atoms with van der Waals surface area (Å²) in [6.07, 6.45) is 9.52. The predicted molar refractivity (Wildman–Crippen MR) is 147 cm³/mol. The van der Waals surface area contributed by atoms with Crippen molar-refractivity contribution in [3.63, 3.8) is 0 Å². The van der Waals surface area contributed by atoms with Gasteiger partial charge in [0.15, 0.2) is 5.71 Å². The molecule has 0 amide bonds. The summed E-state index contributed by atoms with van der Waals surface area (Å²) >= 11 is 0. The van der Waals surface area contributed by atoms with Crippen LogP contribution in [-0.2, 0) is 31.1 Å². The van der Waals surface area contributed by atoms with Gasteiger partial charge in [0.1, 0.15) is 7.05 Å². The number of allylic oxidation sites excluding steroid dienone is 6. The van der Waals surface area contributed by atoms with Crippen molar-refractivity contribution in [2.75, 3.05) is 19.0 Å². The molecule has 200 valence electrons. The molecule has 0 radical (unpaired) electrons. The monoisotopic (exact) mass is 555 g/mol. The Morgan fingerprint density at radius 2 is 1.53 bits per heavy atom. The highest BCUT2D eigenvalue weighted by molar-refractivity contribution is 7.86. The summed E-state index contributed by atoms with van der Waals surface area (Å²) in [6, 6.07) is 9.44. The maximum atomic E-state index is 11.7. The van der Waals surface area contributed by atoms with Crippen molar-refractivity contribution in [2.45, 2.75) is 54.2 Å². The van der Waals surface area contributed by atoms with Crippen molar-refractivity contribution in [3.05, 3.63) is 83.1 Å². The normalized spacial score (nSPS) is 26.8. The summed E-state index contributed by atoms with van der Waals surface area (Å²) in [7, 11) is -4.67. The van der Waals surface area contributed by atoms with Crippen molar-refractivity contribution in [3.8, 4) is 0 Å². The van der Waals surface area contributed by atoms with Crippen LogP contribution in [-0.4, -0.2) is 50.3 Å². The summed E-state index contributed by atoms with van der Waals surface area (Å²) in [5.74, 6) is 0. The zero-order valence-electron chi connectivity index (χ0n) is 21.9. The molecule has 2 aromatic rings. The fraction of sp³-hybridized carbons (Fsp3) is 0.321. The second-order valence-electron chi connectivity index (χ2n) is 10.6. The summed E-state index contributed by atoms with van der Waals surface area (Å²) in [6.45, 7) is 6.20. The van der Waals surface area contributed by atoms with E-state index in [2.05, 4.69) is 31.4 Å². The van der Waals surface area contributed by atoms with E-state index < -0.39 is 25.7 Å². The molecule has 0 spiro atoms. The van der Waals surface area contributed by atoms with Crippen molar-refractivity contribution in [1.29, 1.82) is 0 Å². The molecule has 38 heavy (non-hydrogen) atoms. The minimum absolute atomic E-state index is 0.0968. The Kier molecular flexibility index (Phi) is 5.92. The first-order chi connectivity index (χ1) is 17.6. The third-order valence-corrected chi connectivity index (χ3v) is 10.1. The Labute approximate surface area is 223 Å². The highest BCUT2D eigenvalue weighted by Crippen LogP contribution is 2.53. The smallest absolute Gasteiger partial charge is 0.294 e. The summed E-state index contributed by atoms with van der Waals surface area (Å²) in [5.41, 5.74) is 6.11. The van der Waals surface area contributed by atoms with Crippen molar-refractivity contribution < 1.29 is 30.5 Å². The van der Waals surface area contributed by atoms with E-state index in [-0.39, 0.29) is 15.2 Å². The molecule has 10 heteroatoms. The fourth-order valence-corrected chi connectivity index (χ4v) is 7.32. The van der Waals surface area contributed by atoms with Crippen LogP contribution in [0.15, 0.2) is 81.8 Å². The quantitative estimate of drug-likeness (QED) is 0.404. The van der Waals surface area contributed by atoms with Crippen LogP contribution in [0, 0.1) is 0 Å². The molecular weight excluding hydrogens is 524 g/mol. The first kappa shape index (κ1) is 26.6. The maximum Gasteiger partial charge on any atom is 0.294 e. The average Bonchev–Trinajstić information content (AvgIpc) is 3.15. The van der Waals surface area contributed by atoms with E-state index in [4.69, 9.17) is 0 Å². The number of hydrogen-bond donors (Lipinski definition) is 2. The lowest BCUT2D eigenvalue weighted by Crippen LogP contribution is -2.44. The van der Waals surface area contributed by atoms with E-state index in [9.17, 15) is 25.9 Å². The van der Waals surface area contributed by atoms with Gasteiger partial charge in [-0.15, -0.1) is 0 Å². The van der Waals surface area contributed by atoms with Gasteiger partial charge in [-0.1, -0.05) is 25.2 Å². The first-order valence-electron chi connectivity index (χ1n) is 12.3. The number of likely N-dealkylation sites (N-methyl/N-ethyl adjacent to an activating group) is 1. The van der Waals surface area contributed by atoms with E-state index in [0.29, 0.717) is 0 Å². The van der Waals surface area contributed by atoms with Crippen LogP contribution in [0.3, 0.4) is 0 Å². The van der Waals surface area contributed by atoms with E-state index in [1.165, 1.54) is 12.1 Å². The Morgan fingerprint density at radius 1 is 0.947 bits per heavy atom. The lowest BCUT2D eigenvalue weighted by molar-refractivity contribution is -0.403. The molecule has 0 aromatic heterocycles. The standard InChI is InChI=1S/C28H30N2O6S2/c1-6-27(2)21-15-19(37(31,32)33)11-13-23(21)29(4)25(27)10-8-7-9-18-17-28(3)22-16-20(38(34,35)36)12-14-24(22)30(5)26(18)28/h7-16H,6,17H2,1-5H3,(H-,31,32,33,34,35,36)/p+1. The zero-order chi connectivity index (χ0) is 27.8. The molecule has 1 saturated carbocycles. The molecule has 5 rings (SSSR count). The van der Waals surface area contributed by atoms with Crippen molar-refractivity contribution >= 4 is 37.3 Å². The molecular formula is C28H31N2O6S2+. The molecule has 2 aromatic carbocycles. The molecule has 2 heterocycles. The van der Waals surface area contributed by atoms with Gasteiger partial charge in [-0.25, -0.2) is 0 Å². The Hall–Kier alpha value is -3.05. The average molecular weight is 556 g/mol. The van der Waals surface area contributed by atoms with E-state index in [1.807, 2.05) is 37.2 Å². The van der Waals surface area contributed by atoms with Crippen LogP contribution in [0.5, 0.6) is 0 Å². The Balaban J connectivity index is 1.44. The molecule has 3 aliphatic rings. The zero-order valence-corrected chi connectivity index (χ0v) is 23.6. The minimum Gasteiger partial charge on any atom is -0.347 e. The third-order valence-electron chi connectivity index (χ3n) is 8.45. The number of rotatable bonds is 5. The predicted octanol–water partition coefficient (Wildman–Crippen LogP) is 4.75. The third kappa shape index (κ3) is 3.81. The number of hydrogen-bond acceptors (Lipinski definition) is 5. The van der Waals surface area contributed by atoms with Crippen LogP contribution < -0.4 is 4.90 Å². The molecule has 2 N–H and O–H groups in total. The summed E-state index contributed by atoms with van der Waals surface area (Å²) in [4.78, 5) is 1.84. The van der Waals surface area contributed by atoms with Crippen molar-refractivity contribution in [2.24, 2.45) is 0 Å². The molecule has 2 unspecified atom stereocenters. The van der Waals surface area contributed by atoms with Gasteiger partial charge >= 0.3 is 0 Å². The molecule has 2 atom stereocenters. The molecule has 1 fully saturated rings. The highest BCUT2D eigenvalue weighted by atomic mass is 32.2. The molecule has 8 nitrogen and oxygen atoms in total. The topological polar surface area (TPSA) is 115 Å². The largest absolute Gasteiger partial charge is 0.347 e. The number of nitrogens with zero attached hydrogens (tertiary/aromatic N) is 2. The van der Waals surface area contributed by atoms with Crippen LogP contribution in [0.25, 0.3) is 0 Å². The SMILES string of the molecule is CCC1(C)C(=CC=CC=C2CC3(C)C2=[N+](C)c2ccc(S(=O)(=O)O)cc23)N(C)c2ccc(S(=O)(=O)O)cc21. The number of fused-ring (bicyclic) bond motifs is 4. The fourth-order valence-electron chi connectivity index (χ4n) is 6.31. The van der Waals surface area contributed by atoms with E-state index in [0.717, 1.165) is 52.3 Å². The van der Waals surface area contributed by atoms with E-state index >= 15 is 0 Å². The number of benzene rings is 2. The van der Waals surface area contributed by atoms with Gasteiger partial charge in [-0.2, -0.15) is 21.4 Å². The first-order valence-corrected chi connectivity index (χ1v) is 15.2. The molecule has 2 aliphatic heterocycles. The molecule has 1 aliphatic carbocycles. The van der Waals surface area contributed by atoms with Gasteiger partial charge in [0.25, 0.3) is 20.2 Å². The summed E-state index contributed by atoms with van der Waals surface area (Å²) in [5, 5.41) is 0. The van der Waals surface area contributed by atoms with Gasteiger partial charge in [-0.3, -0.25) is 9.11 Å².